The lowest BCUT2D eigenvalue weighted by Gasteiger charge is -2.08. The fourth-order valence-electron chi connectivity index (χ4n) is 2.87. The predicted octanol–water partition coefficient (Wildman–Crippen LogP) is 4.27. The molecule has 0 aliphatic heterocycles. The Morgan fingerprint density at radius 3 is 2.55 bits per heavy atom. The van der Waals surface area contributed by atoms with Crippen molar-refractivity contribution < 1.29 is 23.5 Å². The van der Waals surface area contributed by atoms with Crippen molar-refractivity contribution in [3.8, 4) is 17.1 Å². The van der Waals surface area contributed by atoms with Gasteiger partial charge in [-0.15, -0.1) is 0 Å². The Morgan fingerprint density at radius 1 is 1.06 bits per heavy atom. The normalized spacial score (nSPS) is 10.8. The van der Waals surface area contributed by atoms with Crippen molar-refractivity contribution in [3.05, 3.63) is 77.0 Å². The van der Waals surface area contributed by atoms with E-state index in [0.717, 1.165) is 16.7 Å². The van der Waals surface area contributed by atoms with E-state index in [1.807, 2.05) is 32.0 Å². The van der Waals surface area contributed by atoms with Crippen LogP contribution in [0, 0.1) is 13.8 Å². The van der Waals surface area contributed by atoms with Crippen LogP contribution < -0.4 is 10.2 Å². The van der Waals surface area contributed by atoms with Crippen LogP contribution in [0.5, 0.6) is 5.75 Å². The number of furan rings is 1. The van der Waals surface area contributed by atoms with E-state index in [0.29, 0.717) is 29.4 Å². The Bertz CT molecular complexity index is 1080. The Hall–Kier alpha value is -3.87. The number of carbonyl (C=O) groups is 2. The van der Waals surface area contributed by atoms with Crippen LogP contribution in [0.25, 0.3) is 11.3 Å². The first-order chi connectivity index (χ1) is 15.0. The van der Waals surface area contributed by atoms with Gasteiger partial charge in [0, 0.05) is 5.56 Å². The number of rotatable bonds is 8. The van der Waals surface area contributed by atoms with Gasteiger partial charge in [0.25, 0.3) is 5.91 Å². The molecule has 7 nitrogen and oxygen atoms in total. The van der Waals surface area contributed by atoms with E-state index in [9.17, 15) is 9.59 Å². The molecule has 3 rings (SSSR count). The molecule has 1 aromatic heterocycles. The molecule has 3 aromatic rings. The highest BCUT2D eigenvalue weighted by molar-refractivity contribution is 5.90. The third-order valence-corrected chi connectivity index (χ3v) is 4.38. The molecule has 0 saturated heterocycles. The van der Waals surface area contributed by atoms with Gasteiger partial charge in [-0.2, -0.15) is 5.10 Å². The monoisotopic (exact) mass is 420 g/mol. The number of esters is 1. The van der Waals surface area contributed by atoms with Crippen LogP contribution in [0.2, 0.25) is 0 Å². The molecule has 0 saturated carbocycles. The summed E-state index contributed by atoms with van der Waals surface area (Å²) in [6, 6.07) is 16.2. The summed E-state index contributed by atoms with van der Waals surface area (Å²) in [5.41, 5.74) is 5.79. The van der Waals surface area contributed by atoms with E-state index in [1.54, 1.807) is 43.3 Å². The highest BCUT2D eigenvalue weighted by atomic mass is 16.5. The van der Waals surface area contributed by atoms with Crippen LogP contribution in [-0.4, -0.2) is 31.3 Å². The van der Waals surface area contributed by atoms with Gasteiger partial charge in [-0.3, -0.25) is 4.79 Å². The van der Waals surface area contributed by atoms with Crippen molar-refractivity contribution >= 4 is 18.1 Å². The molecule has 0 aliphatic rings. The van der Waals surface area contributed by atoms with E-state index in [2.05, 4.69) is 10.5 Å². The Morgan fingerprint density at radius 2 is 1.84 bits per heavy atom. The molecule has 0 aliphatic carbocycles. The molecule has 160 valence electrons. The van der Waals surface area contributed by atoms with Gasteiger partial charge in [0.2, 0.25) is 0 Å². The molecule has 2 aromatic carbocycles. The van der Waals surface area contributed by atoms with Crippen LogP contribution in [0.4, 0.5) is 0 Å². The maximum absolute atomic E-state index is 11.9. The van der Waals surface area contributed by atoms with Crippen LogP contribution in [0.1, 0.15) is 34.2 Å². The first-order valence-electron chi connectivity index (χ1n) is 9.85. The van der Waals surface area contributed by atoms with Crippen molar-refractivity contribution in [3.63, 3.8) is 0 Å². The number of hydrogen-bond acceptors (Lipinski definition) is 6. The molecule has 0 radical (unpaired) electrons. The van der Waals surface area contributed by atoms with E-state index >= 15 is 0 Å². The second-order valence-electron chi connectivity index (χ2n) is 6.85. The Labute approximate surface area is 180 Å². The fourth-order valence-corrected chi connectivity index (χ4v) is 2.87. The van der Waals surface area contributed by atoms with E-state index in [1.165, 1.54) is 6.21 Å². The predicted molar refractivity (Wildman–Crippen MR) is 117 cm³/mol. The molecule has 1 heterocycles. The molecule has 0 unspecified atom stereocenters. The summed E-state index contributed by atoms with van der Waals surface area (Å²) >= 11 is 0. The molecule has 7 heteroatoms. The van der Waals surface area contributed by atoms with Crippen molar-refractivity contribution in [2.45, 2.75) is 20.8 Å². The average Bonchev–Trinajstić information content (AvgIpc) is 3.22. The molecule has 0 atom stereocenters. The van der Waals surface area contributed by atoms with Crippen LogP contribution in [0.15, 0.2) is 64.1 Å². The van der Waals surface area contributed by atoms with Gasteiger partial charge in [-0.1, -0.05) is 29.8 Å². The first kappa shape index (κ1) is 21.8. The van der Waals surface area contributed by atoms with Gasteiger partial charge in [0.05, 0.1) is 18.4 Å². The maximum Gasteiger partial charge on any atom is 0.338 e. The third kappa shape index (κ3) is 6.05. The summed E-state index contributed by atoms with van der Waals surface area (Å²) in [5, 5.41) is 3.90. The maximum atomic E-state index is 11.9. The zero-order valence-electron chi connectivity index (χ0n) is 17.7. The van der Waals surface area contributed by atoms with Gasteiger partial charge in [-0.25, -0.2) is 10.2 Å². The zero-order chi connectivity index (χ0) is 22.2. The summed E-state index contributed by atoms with van der Waals surface area (Å²) in [6.45, 7) is 5.87. The van der Waals surface area contributed by atoms with Crippen LogP contribution in [-0.2, 0) is 9.53 Å². The van der Waals surface area contributed by atoms with E-state index in [-0.39, 0.29) is 18.5 Å². The lowest BCUT2D eigenvalue weighted by atomic mass is 10.1. The third-order valence-electron chi connectivity index (χ3n) is 4.38. The topological polar surface area (TPSA) is 90.1 Å². The standard InChI is InChI=1S/C24H24N2O5/c1-4-29-24(28)19-8-6-18(7-9-19)22-12-10-20(31-22)14-25-26-23(27)15-30-21-11-5-16(2)13-17(21)3/h5-14H,4,15H2,1-3H3,(H,26,27). The molecular formula is C24H24N2O5. The number of hydrazone groups is 1. The molecule has 0 fully saturated rings. The van der Waals surface area contributed by atoms with Crippen molar-refractivity contribution in [2.75, 3.05) is 13.2 Å². The van der Waals surface area contributed by atoms with Gasteiger partial charge in [-0.05, 0) is 56.7 Å². The van der Waals surface area contributed by atoms with Crippen molar-refractivity contribution in [1.82, 2.24) is 5.43 Å². The van der Waals surface area contributed by atoms with E-state index < -0.39 is 0 Å². The highest BCUT2D eigenvalue weighted by Gasteiger charge is 2.09. The SMILES string of the molecule is CCOC(=O)c1ccc(-c2ccc(C=NNC(=O)COc3ccc(C)cc3C)o2)cc1. The number of ether oxygens (including phenoxy) is 2. The van der Waals surface area contributed by atoms with Crippen molar-refractivity contribution in [2.24, 2.45) is 5.10 Å². The molecule has 0 spiro atoms. The fraction of sp³-hybridized carbons (Fsp3) is 0.208. The number of benzene rings is 2. The number of amides is 1. The first-order valence-corrected chi connectivity index (χ1v) is 9.85. The Kier molecular flexibility index (Phi) is 7.22. The van der Waals surface area contributed by atoms with Crippen LogP contribution >= 0.6 is 0 Å². The average molecular weight is 420 g/mol. The van der Waals surface area contributed by atoms with Crippen molar-refractivity contribution in [1.29, 1.82) is 0 Å². The molecule has 0 bridgehead atoms. The zero-order valence-corrected chi connectivity index (χ0v) is 17.7. The lowest BCUT2D eigenvalue weighted by Crippen LogP contribution is -2.24. The number of aryl methyl sites for hydroxylation is 2. The van der Waals surface area contributed by atoms with Crippen LogP contribution in [0.3, 0.4) is 0 Å². The minimum atomic E-state index is -0.377. The molecule has 1 N–H and O–H groups in total. The quantitative estimate of drug-likeness (QED) is 0.334. The van der Waals surface area contributed by atoms with Gasteiger partial charge in [0.15, 0.2) is 6.61 Å². The largest absolute Gasteiger partial charge is 0.483 e. The van der Waals surface area contributed by atoms with E-state index in [4.69, 9.17) is 13.9 Å². The smallest absolute Gasteiger partial charge is 0.338 e. The van der Waals surface area contributed by atoms with Gasteiger partial charge >= 0.3 is 5.97 Å². The van der Waals surface area contributed by atoms with Gasteiger partial charge in [0.1, 0.15) is 17.3 Å². The summed E-state index contributed by atoms with van der Waals surface area (Å²) in [5.74, 6) is 1.01. The molecular weight excluding hydrogens is 396 g/mol. The second-order valence-corrected chi connectivity index (χ2v) is 6.85. The lowest BCUT2D eigenvalue weighted by molar-refractivity contribution is -0.123. The molecule has 31 heavy (non-hydrogen) atoms. The summed E-state index contributed by atoms with van der Waals surface area (Å²) in [7, 11) is 0. The summed E-state index contributed by atoms with van der Waals surface area (Å²) in [6.07, 6.45) is 1.41. The minimum absolute atomic E-state index is 0.141. The molecule has 1 amide bonds. The van der Waals surface area contributed by atoms with Gasteiger partial charge < -0.3 is 13.9 Å². The number of nitrogens with zero attached hydrogens (tertiary/aromatic N) is 1. The number of hydrogen-bond donors (Lipinski definition) is 1. The number of carbonyl (C=O) groups excluding carboxylic acids is 2. The summed E-state index contributed by atoms with van der Waals surface area (Å²) < 4.78 is 16.2. The second kappa shape index (κ2) is 10.2. The minimum Gasteiger partial charge on any atom is -0.483 e. The Balaban J connectivity index is 1.52. The number of nitrogens with one attached hydrogen (secondary N) is 1. The summed E-state index contributed by atoms with van der Waals surface area (Å²) in [4.78, 5) is 23.6. The highest BCUT2D eigenvalue weighted by Crippen LogP contribution is 2.22.